The van der Waals surface area contributed by atoms with Crippen LogP contribution in [0.2, 0.25) is 0 Å². The van der Waals surface area contributed by atoms with Gasteiger partial charge >= 0.3 is 0 Å². The summed E-state index contributed by atoms with van der Waals surface area (Å²) < 4.78 is 48.1. The molecule has 35 heavy (non-hydrogen) atoms. The van der Waals surface area contributed by atoms with Crippen LogP contribution in [0.25, 0.3) is 10.8 Å². The highest BCUT2D eigenvalue weighted by Crippen LogP contribution is 2.35. The van der Waals surface area contributed by atoms with Gasteiger partial charge in [-0.05, 0) is 80.8 Å². The minimum absolute atomic E-state index is 0.165. The molecule has 1 N–H and O–H groups in total. The number of sulfonamides is 1. The number of aromatic nitrogens is 1. The van der Waals surface area contributed by atoms with Gasteiger partial charge in [0.05, 0.1) is 17.0 Å². The third-order valence-electron chi connectivity index (χ3n) is 7.26. The summed E-state index contributed by atoms with van der Waals surface area (Å²) in [5.41, 5.74) is 1.92. The van der Waals surface area contributed by atoms with E-state index < -0.39 is 10.0 Å². The van der Waals surface area contributed by atoms with Crippen molar-refractivity contribution < 1.29 is 17.5 Å². The fourth-order valence-corrected chi connectivity index (χ4v) is 7.22. The first-order chi connectivity index (χ1) is 17.0. The molecule has 8 heteroatoms. The summed E-state index contributed by atoms with van der Waals surface area (Å²) in [6.07, 6.45) is 8.24. The number of benzene rings is 2. The second-order valence-electron chi connectivity index (χ2n) is 9.56. The molecule has 1 aliphatic heterocycles. The number of hydrogen-bond donors (Lipinski definition) is 1. The Morgan fingerprint density at radius 3 is 2.71 bits per heavy atom. The molecule has 2 heterocycles. The van der Waals surface area contributed by atoms with E-state index in [9.17, 15) is 12.8 Å². The van der Waals surface area contributed by atoms with E-state index in [-0.39, 0.29) is 23.9 Å². The molecule has 6 nitrogen and oxygen atoms in total. The molecule has 0 radical (unpaired) electrons. The van der Waals surface area contributed by atoms with Crippen molar-refractivity contribution in [1.29, 1.82) is 0 Å². The van der Waals surface area contributed by atoms with Gasteiger partial charge in [-0.2, -0.15) is 4.31 Å². The Balaban J connectivity index is 1.37. The van der Waals surface area contributed by atoms with E-state index in [1.54, 1.807) is 41.0 Å². The van der Waals surface area contributed by atoms with Gasteiger partial charge in [-0.25, -0.2) is 12.8 Å². The summed E-state index contributed by atoms with van der Waals surface area (Å²) in [6, 6.07) is 12.0. The molecule has 2 aliphatic rings. The maximum absolute atomic E-state index is 13.7. The monoisotopic (exact) mass is 497 g/mol. The Labute approximate surface area is 206 Å². The van der Waals surface area contributed by atoms with Crippen molar-refractivity contribution in [3.8, 4) is 0 Å². The van der Waals surface area contributed by atoms with Crippen molar-refractivity contribution in [3.05, 3.63) is 66.2 Å². The lowest BCUT2D eigenvalue weighted by Crippen LogP contribution is -2.31. The fraction of sp³-hybridized carbons (Fsp3) is 0.444. The summed E-state index contributed by atoms with van der Waals surface area (Å²) in [7, 11) is -3.67. The number of nitrogens with one attached hydrogen (secondary N) is 1. The zero-order valence-electron chi connectivity index (χ0n) is 20.0. The number of halogens is 1. The van der Waals surface area contributed by atoms with Crippen LogP contribution in [0.15, 0.2) is 59.8 Å². The third-order valence-corrected chi connectivity index (χ3v) is 9.18. The molecule has 0 amide bonds. The predicted octanol–water partition coefficient (Wildman–Crippen LogP) is 5.00. The lowest BCUT2D eigenvalue weighted by Gasteiger charge is -2.24. The van der Waals surface area contributed by atoms with Crippen LogP contribution < -0.4 is 5.32 Å². The number of anilines is 1. The molecule has 1 saturated heterocycles. The highest BCUT2D eigenvalue weighted by Gasteiger charge is 2.34. The smallest absolute Gasteiger partial charge is 0.243 e. The third kappa shape index (κ3) is 5.06. The molecular weight excluding hydrogens is 465 g/mol. The van der Waals surface area contributed by atoms with E-state index in [2.05, 4.69) is 10.3 Å². The SMILES string of the molecule is CCO[C@@H]1CCC[C@H]1Nc1ccc(S(=O)(=O)N2CCC(Cc3ccc(F)cc3)C2)c2ccncc12. The van der Waals surface area contributed by atoms with E-state index in [0.29, 0.717) is 30.0 Å². The maximum Gasteiger partial charge on any atom is 0.243 e. The normalized spacial score (nSPS) is 23.2. The summed E-state index contributed by atoms with van der Waals surface area (Å²) >= 11 is 0. The molecule has 1 unspecified atom stereocenters. The predicted molar refractivity (Wildman–Crippen MR) is 135 cm³/mol. The number of hydrogen-bond acceptors (Lipinski definition) is 5. The van der Waals surface area contributed by atoms with E-state index in [1.807, 2.05) is 13.0 Å². The number of pyridine rings is 1. The Morgan fingerprint density at radius 2 is 1.91 bits per heavy atom. The van der Waals surface area contributed by atoms with Gasteiger partial charge in [0.1, 0.15) is 5.82 Å². The summed E-state index contributed by atoms with van der Waals surface area (Å²) in [5, 5.41) is 5.09. The van der Waals surface area contributed by atoms with Crippen molar-refractivity contribution in [2.45, 2.75) is 56.1 Å². The van der Waals surface area contributed by atoms with Gasteiger partial charge in [-0.1, -0.05) is 12.1 Å². The van der Waals surface area contributed by atoms with Gasteiger partial charge in [0, 0.05) is 48.5 Å². The minimum atomic E-state index is -3.67. The summed E-state index contributed by atoms with van der Waals surface area (Å²) in [5.74, 6) is -0.0491. The lowest BCUT2D eigenvalue weighted by atomic mass is 9.99. The second kappa shape index (κ2) is 10.2. The zero-order chi connectivity index (χ0) is 24.4. The Kier molecular flexibility index (Phi) is 7.05. The van der Waals surface area contributed by atoms with Crippen LogP contribution in [0, 0.1) is 11.7 Å². The molecule has 5 rings (SSSR count). The summed E-state index contributed by atoms with van der Waals surface area (Å²) in [6.45, 7) is 3.64. The quantitative estimate of drug-likeness (QED) is 0.474. The second-order valence-corrected chi connectivity index (χ2v) is 11.5. The molecule has 2 aromatic carbocycles. The van der Waals surface area contributed by atoms with Crippen LogP contribution in [-0.4, -0.2) is 49.5 Å². The lowest BCUT2D eigenvalue weighted by molar-refractivity contribution is 0.0617. The Hall–Kier alpha value is -2.55. The van der Waals surface area contributed by atoms with Gasteiger partial charge in [0.2, 0.25) is 10.0 Å². The molecule has 186 valence electrons. The van der Waals surface area contributed by atoms with Crippen molar-refractivity contribution >= 4 is 26.5 Å². The first kappa shape index (κ1) is 24.2. The number of ether oxygens (including phenoxy) is 1. The first-order valence-electron chi connectivity index (χ1n) is 12.4. The van der Waals surface area contributed by atoms with Crippen LogP contribution >= 0.6 is 0 Å². The fourth-order valence-electron chi connectivity index (χ4n) is 5.49. The van der Waals surface area contributed by atoms with Crippen LogP contribution in [0.5, 0.6) is 0 Å². The number of rotatable bonds is 8. The molecule has 0 spiro atoms. The highest BCUT2D eigenvalue weighted by molar-refractivity contribution is 7.89. The molecule has 2 fully saturated rings. The van der Waals surface area contributed by atoms with Gasteiger partial charge < -0.3 is 10.1 Å². The highest BCUT2D eigenvalue weighted by atomic mass is 32.2. The zero-order valence-corrected chi connectivity index (χ0v) is 20.8. The standard InChI is InChI=1S/C27H32FN3O3S/c1-2-34-26-5-3-4-25(26)30-24-10-11-27(22-12-14-29-17-23(22)24)35(32,33)31-15-13-20(18-31)16-19-6-8-21(28)9-7-19/h6-12,14,17,20,25-26,30H,2-5,13,15-16,18H2,1H3/t20?,25-,26-/m1/s1. The van der Waals surface area contributed by atoms with Crippen molar-refractivity contribution in [2.75, 3.05) is 25.0 Å². The van der Waals surface area contributed by atoms with Crippen molar-refractivity contribution in [2.24, 2.45) is 5.92 Å². The average Bonchev–Trinajstić information content (AvgIpc) is 3.51. The molecule has 0 bridgehead atoms. The average molecular weight is 498 g/mol. The minimum Gasteiger partial charge on any atom is -0.379 e. The first-order valence-corrected chi connectivity index (χ1v) is 13.9. The maximum atomic E-state index is 13.7. The molecule has 3 atom stereocenters. The van der Waals surface area contributed by atoms with Crippen LogP contribution in [0.3, 0.4) is 0 Å². The van der Waals surface area contributed by atoms with Gasteiger partial charge in [0.15, 0.2) is 0 Å². The van der Waals surface area contributed by atoms with Crippen LogP contribution in [-0.2, 0) is 21.2 Å². The van der Waals surface area contributed by atoms with E-state index in [1.165, 1.54) is 12.1 Å². The van der Waals surface area contributed by atoms with E-state index in [4.69, 9.17) is 4.74 Å². The van der Waals surface area contributed by atoms with Gasteiger partial charge in [0.25, 0.3) is 0 Å². The molecule has 1 saturated carbocycles. The number of fused-ring (bicyclic) bond motifs is 1. The van der Waals surface area contributed by atoms with Gasteiger partial charge in [-0.15, -0.1) is 0 Å². The van der Waals surface area contributed by atoms with Gasteiger partial charge in [-0.3, -0.25) is 4.98 Å². The largest absolute Gasteiger partial charge is 0.379 e. The summed E-state index contributed by atoms with van der Waals surface area (Å²) in [4.78, 5) is 4.60. The van der Waals surface area contributed by atoms with E-state index in [0.717, 1.165) is 48.7 Å². The van der Waals surface area contributed by atoms with Crippen molar-refractivity contribution in [3.63, 3.8) is 0 Å². The Morgan fingerprint density at radius 1 is 1.09 bits per heavy atom. The van der Waals surface area contributed by atoms with Crippen LogP contribution in [0.1, 0.15) is 38.2 Å². The van der Waals surface area contributed by atoms with Crippen LogP contribution in [0.4, 0.5) is 10.1 Å². The molecule has 3 aromatic rings. The number of nitrogens with zero attached hydrogens (tertiary/aromatic N) is 2. The van der Waals surface area contributed by atoms with E-state index >= 15 is 0 Å². The topological polar surface area (TPSA) is 71.5 Å². The Bertz CT molecular complexity index is 1280. The molecular formula is C27H32FN3O3S. The molecule has 1 aliphatic carbocycles. The van der Waals surface area contributed by atoms with Crippen molar-refractivity contribution in [1.82, 2.24) is 9.29 Å². The molecule has 1 aromatic heterocycles.